The topological polar surface area (TPSA) is 51.6 Å². The minimum Gasteiger partial charge on any atom is -0.228 e. The van der Waals surface area contributed by atoms with Crippen LogP contribution in [0.4, 0.5) is 43.9 Å². The molecule has 0 fully saturated rings. The average molecular weight is 662 g/mol. The molecule has 0 saturated carbocycles. The molecule has 0 N–H and O–H groups in total. The largest absolute Gasteiger partial charge is 0.228 e. The number of hydrogen-bond acceptors (Lipinski definition) is 4. The Hall–Kier alpha value is -5.92. The van der Waals surface area contributed by atoms with Gasteiger partial charge in [-0.1, -0.05) is 24.3 Å². The Bertz CT molecular complexity index is 2540. The molecule has 0 unspecified atom stereocenters. The van der Waals surface area contributed by atoms with Crippen LogP contribution in [-0.2, 0) is 0 Å². The minimum absolute atomic E-state index is 0.153. The van der Waals surface area contributed by atoms with Gasteiger partial charge in [0.1, 0.15) is 0 Å². The highest BCUT2D eigenvalue weighted by Gasteiger charge is 2.31. The second-order valence-electron chi connectivity index (χ2n) is 11.0. The molecule has 234 valence electrons. The molecule has 9 aromatic rings. The van der Waals surface area contributed by atoms with E-state index in [0.29, 0.717) is 43.1 Å². The Balaban J connectivity index is 1.33. The van der Waals surface area contributed by atoms with E-state index in [2.05, 4.69) is 19.9 Å². The Morgan fingerprint density at radius 2 is 0.500 bits per heavy atom. The Morgan fingerprint density at radius 3 is 0.750 bits per heavy atom. The maximum Gasteiger partial charge on any atom is 0.200 e. The van der Waals surface area contributed by atoms with E-state index in [1.54, 1.807) is 24.3 Å². The number of fused-ring (bicyclic) bond motifs is 2. The molecule has 2 aromatic heterocycles. The highest BCUT2D eigenvalue weighted by Crippen LogP contribution is 2.45. The van der Waals surface area contributed by atoms with E-state index in [0.717, 1.165) is 0 Å². The lowest BCUT2D eigenvalue weighted by molar-refractivity contribution is 0.381. The molecule has 9 rings (SSSR count). The van der Waals surface area contributed by atoms with Crippen LogP contribution in [-0.4, -0.2) is 19.9 Å². The standard InChI is InChI=1S/C34H8F10N4/c35-23-21(24(36)28(40)31(43)27(23)39)33-45-13-5-1-9-10-2-6-15-20-16(48-34(47-15)22-25(37)29(41)32(44)30(42)26(22)38)8-4-12(18(10)20)11-3-7-14(46-33)19(13)17(9)11/h1-8H. The summed E-state index contributed by atoms with van der Waals surface area (Å²) < 4.78 is 142. The smallest absolute Gasteiger partial charge is 0.200 e. The highest BCUT2D eigenvalue weighted by atomic mass is 19.2. The normalized spacial score (nSPS) is 12.4. The molecule has 4 nitrogen and oxygen atoms in total. The van der Waals surface area contributed by atoms with Crippen molar-refractivity contribution in [2.24, 2.45) is 0 Å². The summed E-state index contributed by atoms with van der Waals surface area (Å²) in [4.78, 5) is 16.7. The first kappa shape index (κ1) is 28.3. The van der Waals surface area contributed by atoms with E-state index in [9.17, 15) is 43.9 Å². The van der Waals surface area contributed by atoms with E-state index in [1.807, 2.05) is 0 Å². The van der Waals surface area contributed by atoms with Gasteiger partial charge >= 0.3 is 0 Å². The van der Waals surface area contributed by atoms with Crippen LogP contribution in [0.15, 0.2) is 48.5 Å². The maximum atomic E-state index is 14.7. The summed E-state index contributed by atoms with van der Waals surface area (Å²) in [7, 11) is 0. The average Bonchev–Trinajstić information content (AvgIpc) is 3.09. The van der Waals surface area contributed by atoms with E-state index < -0.39 is 80.9 Å². The molecular weight excluding hydrogens is 654 g/mol. The van der Waals surface area contributed by atoms with E-state index >= 15 is 0 Å². The second-order valence-corrected chi connectivity index (χ2v) is 11.0. The molecule has 2 heterocycles. The number of nitrogens with zero attached hydrogens (tertiary/aromatic N) is 4. The molecule has 0 bridgehead atoms. The first-order chi connectivity index (χ1) is 23.0. The van der Waals surface area contributed by atoms with Crippen molar-refractivity contribution < 1.29 is 43.9 Å². The number of halogens is 10. The quantitative estimate of drug-likeness (QED) is 0.0608. The zero-order valence-electron chi connectivity index (χ0n) is 23.2. The molecule has 0 spiro atoms. The summed E-state index contributed by atoms with van der Waals surface area (Å²) in [6.45, 7) is 0. The third-order valence-electron chi connectivity index (χ3n) is 8.59. The van der Waals surface area contributed by atoms with Crippen molar-refractivity contribution in [1.29, 1.82) is 0 Å². The van der Waals surface area contributed by atoms with Crippen LogP contribution >= 0.6 is 0 Å². The highest BCUT2D eigenvalue weighted by molar-refractivity contribution is 6.38. The van der Waals surface area contributed by atoms with Crippen molar-refractivity contribution in [3.8, 4) is 22.8 Å². The van der Waals surface area contributed by atoms with Gasteiger partial charge in [0.05, 0.1) is 33.2 Å². The number of rotatable bonds is 2. The van der Waals surface area contributed by atoms with Crippen LogP contribution in [0, 0.1) is 58.2 Å². The molecule has 0 aliphatic heterocycles. The summed E-state index contributed by atoms with van der Waals surface area (Å²) in [5.74, 6) is -22.9. The predicted molar refractivity (Wildman–Crippen MR) is 155 cm³/mol. The van der Waals surface area contributed by atoms with Crippen LogP contribution < -0.4 is 0 Å². The van der Waals surface area contributed by atoms with Crippen LogP contribution in [0.3, 0.4) is 0 Å². The van der Waals surface area contributed by atoms with Gasteiger partial charge in [-0.3, -0.25) is 0 Å². The lowest BCUT2D eigenvalue weighted by Crippen LogP contribution is -2.06. The monoisotopic (exact) mass is 662 g/mol. The third kappa shape index (κ3) is 3.40. The molecular formula is C34H8F10N4. The molecule has 0 atom stereocenters. The van der Waals surface area contributed by atoms with Crippen LogP contribution in [0.5, 0.6) is 0 Å². The van der Waals surface area contributed by atoms with E-state index in [-0.39, 0.29) is 22.1 Å². The maximum absolute atomic E-state index is 14.7. The van der Waals surface area contributed by atoms with Crippen molar-refractivity contribution in [2.75, 3.05) is 0 Å². The summed E-state index contributed by atoms with van der Waals surface area (Å²) in [6.07, 6.45) is 0. The number of aromatic nitrogens is 4. The molecule has 0 aliphatic carbocycles. The zero-order chi connectivity index (χ0) is 33.5. The zero-order valence-corrected chi connectivity index (χ0v) is 23.2. The summed E-state index contributed by atoms with van der Waals surface area (Å²) >= 11 is 0. The molecule has 14 heteroatoms. The van der Waals surface area contributed by atoms with Crippen LogP contribution in [0.1, 0.15) is 0 Å². The first-order valence-corrected chi connectivity index (χ1v) is 13.8. The molecule has 0 saturated heterocycles. The van der Waals surface area contributed by atoms with Crippen molar-refractivity contribution in [3.63, 3.8) is 0 Å². The fraction of sp³-hybridized carbons (Fsp3) is 0. The molecule has 0 aliphatic rings. The second kappa shape index (κ2) is 9.33. The SMILES string of the molecule is Fc1c(F)c(F)c(-c2nc3ccc4c5ccc6nc(-c7c(F)c(F)c(F)c(F)c7F)nc7ccc(c8ccc(n2)c3c48)c5c67)c(F)c1F. The Kier molecular flexibility index (Phi) is 5.51. The molecule has 0 amide bonds. The number of hydrogen-bond donors (Lipinski definition) is 0. The van der Waals surface area contributed by atoms with Crippen molar-refractivity contribution in [2.45, 2.75) is 0 Å². The van der Waals surface area contributed by atoms with Gasteiger partial charge in [0.2, 0.25) is 11.6 Å². The lowest BCUT2D eigenvalue weighted by Gasteiger charge is -2.18. The molecule has 0 radical (unpaired) electrons. The van der Waals surface area contributed by atoms with Gasteiger partial charge < -0.3 is 0 Å². The van der Waals surface area contributed by atoms with Gasteiger partial charge in [-0.15, -0.1) is 0 Å². The Labute approximate surface area is 258 Å². The predicted octanol–water partition coefficient (Wildman–Crippen LogP) is 9.79. The fourth-order valence-electron chi connectivity index (χ4n) is 6.52. The van der Waals surface area contributed by atoms with Crippen molar-refractivity contribution in [3.05, 3.63) is 107 Å². The van der Waals surface area contributed by atoms with Crippen LogP contribution in [0.25, 0.3) is 87.9 Å². The molecule has 48 heavy (non-hydrogen) atoms. The Morgan fingerprint density at radius 1 is 0.271 bits per heavy atom. The van der Waals surface area contributed by atoms with E-state index in [4.69, 9.17) is 0 Å². The van der Waals surface area contributed by atoms with Gasteiger partial charge in [-0.2, -0.15) is 0 Å². The van der Waals surface area contributed by atoms with Crippen molar-refractivity contribution >= 4 is 65.2 Å². The minimum atomic E-state index is -2.31. The van der Waals surface area contributed by atoms with E-state index in [1.165, 1.54) is 24.3 Å². The fourth-order valence-corrected chi connectivity index (χ4v) is 6.52. The van der Waals surface area contributed by atoms with Gasteiger partial charge in [-0.25, -0.2) is 63.8 Å². The summed E-state index contributed by atoms with van der Waals surface area (Å²) in [5, 5.41) is 4.66. The summed E-state index contributed by atoms with van der Waals surface area (Å²) in [6, 6.07) is 12.6. The van der Waals surface area contributed by atoms with Gasteiger partial charge in [-0.05, 0) is 45.8 Å². The molecule has 7 aromatic carbocycles. The van der Waals surface area contributed by atoms with Gasteiger partial charge in [0.15, 0.2) is 58.2 Å². The first-order valence-electron chi connectivity index (χ1n) is 13.8. The van der Waals surface area contributed by atoms with Gasteiger partial charge in [0.25, 0.3) is 0 Å². The summed E-state index contributed by atoms with van der Waals surface area (Å²) in [5.41, 5.74) is -1.93. The lowest BCUT2D eigenvalue weighted by atomic mass is 9.88. The number of benzene rings is 7. The third-order valence-corrected chi connectivity index (χ3v) is 8.59. The van der Waals surface area contributed by atoms with Crippen LogP contribution in [0.2, 0.25) is 0 Å². The van der Waals surface area contributed by atoms with Gasteiger partial charge in [0, 0.05) is 21.5 Å². The van der Waals surface area contributed by atoms with Crippen molar-refractivity contribution in [1.82, 2.24) is 19.9 Å².